The molecule has 1 aliphatic rings. The Labute approximate surface area is 129 Å². The summed E-state index contributed by atoms with van der Waals surface area (Å²) in [6.07, 6.45) is 0.928. The van der Waals surface area contributed by atoms with Gasteiger partial charge in [0, 0.05) is 31.5 Å². The third kappa shape index (κ3) is 2.92. The molecule has 0 saturated heterocycles. The molecular formula is C14H20ClNO3S. The summed E-state index contributed by atoms with van der Waals surface area (Å²) in [7, 11) is 4.99. The number of rotatable bonds is 6. The number of ether oxygens (including phenoxy) is 3. The van der Waals surface area contributed by atoms with E-state index in [4.69, 9.17) is 25.8 Å². The minimum absolute atomic E-state index is 0.634. The van der Waals surface area contributed by atoms with Crippen LogP contribution in [0, 0.1) is 0 Å². The summed E-state index contributed by atoms with van der Waals surface area (Å²) in [6.45, 7) is 1.52. The van der Waals surface area contributed by atoms with E-state index in [-0.39, 0.29) is 0 Å². The lowest BCUT2D eigenvalue weighted by molar-refractivity contribution is -0.223. The number of alkyl halides is 1. The molecule has 1 aromatic rings. The second-order valence-corrected chi connectivity index (χ2v) is 6.01. The van der Waals surface area contributed by atoms with Crippen molar-refractivity contribution in [3.05, 3.63) is 23.8 Å². The number of hydrogen-bond donors (Lipinski definition) is 0. The van der Waals surface area contributed by atoms with Crippen LogP contribution in [0.2, 0.25) is 0 Å². The van der Waals surface area contributed by atoms with Crippen LogP contribution in [-0.2, 0) is 15.3 Å². The van der Waals surface area contributed by atoms with Crippen LogP contribution < -0.4 is 4.74 Å². The predicted molar refractivity (Wildman–Crippen MR) is 81.5 cm³/mol. The minimum atomic E-state index is -0.806. The number of fused-ring (bicyclic) bond motifs is 1. The molecule has 0 amide bonds. The van der Waals surface area contributed by atoms with Crippen LogP contribution in [0.5, 0.6) is 5.75 Å². The molecule has 4 nitrogen and oxygen atoms in total. The maximum absolute atomic E-state index is 5.79. The maximum atomic E-state index is 5.79. The number of halogens is 1. The van der Waals surface area contributed by atoms with E-state index in [0.29, 0.717) is 12.4 Å². The second kappa shape index (κ2) is 7.00. The Morgan fingerprint density at radius 1 is 1.30 bits per heavy atom. The molecule has 0 radical (unpaired) electrons. The van der Waals surface area contributed by atoms with Crippen molar-refractivity contribution in [2.45, 2.75) is 17.1 Å². The van der Waals surface area contributed by atoms with Gasteiger partial charge in [0.1, 0.15) is 5.75 Å². The highest BCUT2D eigenvalue weighted by Gasteiger charge is 2.43. The summed E-state index contributed by atoms with van der Waals surface area (Å²) in [4.78, 5) is 1.09. The van der Waals surface area contributed by atoms with Crippen LogP contribution >= 0.6 is 23.5 Å². The van der Waals surface area contributed by atoms with Crippen LogP contribution in [0.25, 0.3) is 0 Å². The molecule has 1 aromatic carbocycles. The second-order valence-electron chi connectivity index (χ2n) is 4.49. The normalized spacial score (nSPS) is 17.8. The van der Waals surface area contributed by atoms with Crippen LogP contribution in [0.15, 0.2) is 23.1 Å². The van der Waals surface area contributed by atoms with Crippen LogP contribution in [0.1, 0.15) is 12.0 Å². The van der Waals surface area contributed by atoms with Crippen LogP contribution in [-0.4, -0.2) is 44.6 Å². The lowest BCUT2D eigenvalue weighted by Crippen LogP contribution is -2.45. The molecule has 1 heterocycles. The Bertz CT molecular complexity index is 454. The zero-order valence-corrected chi connectivity index (χ0v) is 13.6. The Morgan fingerprint density at radius 2 is 2.05 bits per heavy atom. The monoisotopic (exact) mass is 317 g/mol. The highest BCUT2D eigenvalue weighted by Crippen LogP contribution is 2.46. The van der Waals surface area contributed by atoms with Crippen molar-refractivity contribution in [1.82, 2.24) is 4.31 Å². The Kier molecular flexibility index (Phi) is 5.57. The van der Waals surface area contributed by atoms with Crippen molar-refractivity contribution in [2.24, 2.45) is 0 Å². The number of nitrogens with zero attached hydrogens (tertiary/aromatic N) is 1. The molecule has 0 aliphatic carbocycles. The Morgan fingerprint density at radius 3 is 2.65 bits per heavy atom. The Hall–Kier alpha value is -0.460. The fourth-order valence-corrected chi connectivity index (χ4v) is 3.73. The molecule has 0 bridgehead atoms. The van der Waals surface area contributed by atoms with Gasteiger partial charge >= 0.3 is 0 Å². The molecule has 6 heteroatoms. The van der Waals surface area contributed by atoms with Gasteiger partial charge in [-0.15, -0.1) is 11.6 Å². The molecule has 0 fully saturated rings. The fourth-order valence-electron chi connectivity index (χ4n) is 2.39. The van der Waals surface area contributed by atoms with E-state index >= 15 is 0 Å². The van der Waals surface area contributed by atoms with Gasteiger partial charge in [-0.1, -0.05) is 6.07 Å². The van der Waals surface area contributed by atoms with Gasteiger partial charge < -0.3 is 14.2 Å². The first-order valence-electron chi connectivity index (χ1n) is 6.47. The summed E-state index contributed by atoms with van der Waals surface area (Å²) < 4.78 is 19.1. The van der Waals surface area contributed by atoms with Crippen LogP contribution in [0.4, 0.5) is 0 Å². The zero-order valence-electron chi connectivity index (χ0n) is 12.0. The molecule has 0 saturated carbocycles. The highest BCUT2D eigenvalue weighted by molar-refractivity contribution is 7.97. The lowest BCUT2D eigenvalue weighted by Gasteiger charge is -2.41. The molecule has 20 heavy (non-hydrogen) atoms. The lowest BCUT2D eigenvalue weighted by atomic mass is 10.0. The van der Waals surface area contributed by atoms with E-state index in [1.54, 1.807) is 33.3 Å². The first-order chi connectivity index (χ1) is 9.70. The van der Waals surface area contributed by atoms with Gasteiger partial charge in [0.05, 0.1) is 19.2 Å². The summed E-state index contributed by atoms with van der Waals surface area (Å²) in [5, 5.41) is 0. The fraction of sp³-hybridized carbons (Fsp3) is 0.571. The summed E-state index contributed by atoms with van der Waals surface area (Å²) in [6, 6.07) is 5.97. The quantitative estimate of drug-likeness (QED) is 0.457. The van der Waals surface area contributed by atoms with E-state index in [1.807, 2.05) is 12.1 Å². The smallest absolute Gasteiger partial charge is 0.213 e. The van der Waals surface area contributed by atoms with E-state index in [0.717, 1.165) is 29.2 Å². The molecule has 1 aliphatic heterocycles. The van der Waals surface area contributed by atoms with E-state index in [9.17, 15) is 0 Å². The number of methoxy groups -OCH3 is 3. The average Bonchev–Trinajstić information content (AvgIpc) is 2.51. The van der Waals surface area contributed by atoms with Crippen molar-refractivity contribution < 1.29 is 14.2 Å². The van der Waals surface area contributed by atoms with Crippen molar-refractivity contribution >= 4 is 23.5 Å². The average molecular weight is 318 g/mol. The first kappa shape index (κ1) is 15.9. The summed E-state index contributed by atoms with van der Waals surface area (Å²) in [5.74, 6) is 0.629. The van der Waals surface area contributed by atoms with Crippen molar-refractivity contribution in [2.75, 3.05) is 40.3 Å². The van der Waals surface area contributed by atoms with Gasteiger partial charge in [0.2, 0.25) is 5.79 Å². The van der Waals surface area contributed by atoms with Gasteiger partial charge in [0.15, 0.2) is 0 Å². The topological polar surface area (TPSA) is 30.9 Å². The summed E-state index contributed by atoms with van der Waals surface area (Å²) >= 11 is 7.48. The standard InChI is InChI=1S/C14H20ClNO3S/c1-17-11-6-4-7-12-13(11)14(18-2,19-3)10-16(20-12)9-5-8-15/h4,6-7H,5,8-10H2,1-3H3. The third-order valence-corrected chi connectivity index (χ3v) is 4.78. The molecule has 2 rings (SSSR count). The SMILES string of the molecule is COc1cccc2c1C(OC)(OC)CN(CCCCl)S2. The van der Waals surface area contributed by atoms with Gasteiger partial charge in [-0.25, -0.2) is 4.31 Å². The van der Waals surface area contributed by atoms with Crippen molar-refractivity contribution in [3.63, 3.8) is 0 Å². The van der Waals surface area contributed by atoms with Gasteiger partial charge in [-0.3, -0.25) is 0 Å². The van der Waals surface area contributed by atoms with E-state index in [2.05, 4.69) is 10.4 Å². The van der Waals surface area contributed by atoms with Crippen LogP contribution in [0.3, 0.4) is 0 Å². The van der Waals surface area contributed by atoms with Gasteiger partial charge in [0.25, 0.3) is 0 Å². The largest absolute Gasteiger partial charge is 0.496 e. The number of benzene rings is 1. The van der Waals surface area contributed by atoms with Crippen molar-refractivity contribution in [3.8, 4) is 5.75 Å². The molecule has 0 N–H and O–H groups in total. The number of hydrogen-bond acceptors (Lipinski definition) is 5. The zero-order chi connectivity index (χ0) is 14.6. The predicted octanol–water partition coefficient (Wildman–Crippen LogP) is 3.09. The minimum Gasteiger partial charge on any atom is -0.496 e. The molecule has 0 spiro atoms. The van der Waals surface area contributed by atoms with E-state index < -0.39 is 5.79 Å². The molecule has 0 aromatic heterocycles. The maximum Gasteiger partial charge on any atom is 0.213 e. The summed E-state index contributed by atoms with van der Waals surface area (Å²) in [5.41, 5.74) is 0.958. The van der Waals surface area contributed by atoms with Gasteiger partial charge in [-0.2, -0.15) is 0 Å². The van der Waals surface area contributed by atoms with Crippen molar-refractivity contribution in [1.29, 1.82) is 0 Å². The van der Waals surface area contributed by atoms with Gasteiger partial charge in [-0.05, 0) is 30.5 Å². The molecule has 112 valence electrons. The first-order valence-corrected chi connectivity index (χ1v) is 7.78. The third-order valence-electron chi connectivity index (χ3n) is 3.40. The Balaban J connectivity index is 2.41. The molecular weight excluding hydrogens is 298 g/mol. The molecule has 0 unspecified atom stereocenters. The van der Waals surface area contributed by atoms with E-state index in [1.165, 1.54) is 0 Å². The molecule has 0 atom stereocenters. The highest BCUT2D eigenvalue weighted by atomic mass is 35.5.